The summed E-state index contributed by atoms with van der Waals surface area (Å²) in [7, 11) is 1.66. The monoisotopic (exact) mass is 284 g/mol. The average Bonchev–Trinajstić information content (AvgIpc) is 2.90. The molecule has 2 rings (SSSR count). The highest BCUT2D eigenvalue weighted by atomic mass is 32.2. The number of carbonyl (C=O) groups is 2. The van der Waals surface area contributed by atoms with E-state index in [1.165, 1.54) is 9.80 Å². The number of urea groups is 1. The Hall–Kier alpha value is -1.63. The normalized spacial score (nSPS) is 19.2. The molecule has 1 fully saturated rings. The largest absolute Gasteiger partial charge is 0.480 e. The number of carboxylic acid groups (broad SMARTS) is 1. The number of carbonyl (C=O) groups excluding carboxylic acids is 1. The Morgan fingerprint density at radius 2 is 2.42 bits per heavy atom. The number of furan rings is 1. The third-order valence-corrected chi connectivity index (χ3v) is 4.01. The molecule has 1 N–H and O–H groups in total. The molecule has 1 aliphatic heterocycles. The maximum absolute atomic E-state index is 12.3. The fourth-order valence-corrected chi connectivity index (χ4v) is 3.02. The SMILES string of the molecule is CN(Cc1ccoc1)C(=O)N1CCSCC1C(=O)O. The molecule has 0 radical (unpaired) electrons. The number of nitrogens with zero attached hydrogens (tertiary/aromatic N) is 2. The van der Waals surface area contributed by atoms with Crippen LogP contribution < -0.4 is 0 Å². The van der Waals surface area contributed by atoms with Gasteiger partial charge in [0.1, 0.15) is 6.04 Å². The quantitative estimate of drug-likeness (QED) is 0.906. The zero-order valence-electron chi connectivity index (χ0n) is 10.6. The van der Waals surface area contributed by atoms with E-state index in [4.69, 9.17) is 9.52 Å². The number of thioether (sulfide) groups is 1. The first-order valence-corrected chi connectivity index (χ1v) is 7.08. The summed E-state index contributed by atoms with van der Waals surface area (Å²) < 4.78 is 4.95. The van der Waals surface area contributed by atoms with Gasteiger partial charge in [0.25, 0.3) is 0 Å². The van der Waals surface area contributed by atoms with Crippen molar-refractivity contribution >= 4 is 23.8 Å². The number of aliphatic carboxylic acids is 1. The summed E-state index contributed by atoms with van der Waals surface area (Å²) in [5.74, 6) is 0.271. The van der Waals surface area contributed by atoms with Gasteiger partial charge in [-0.2, -0.15) is 11.8 Å². The molecule has 0 aromatic carbocycles. The predicted octanol–water partition coefficient (Wildman–Crippen LogP) is 1.33. The second-order valence-corrected chi connectivity index (χ2v) is 5.54. The van der Waals surface area contributed by atoms with Crippen LogP contribution in [-0.2, 0) is 11.3 Å². The minimum Gasteiger partial charge on any atom is -0.480 e. The summed E-state index contributed by atoms with van der Waals surface area (Å²) in [5, 5.41) is 9.16. The number of amides is 2. The van der Waals surface area contributed by atoms with E-state index in [0.717, 1.165) is 11.3 Å². The molecule has 104 valence electrons. The molecule has 0 aliphatic carbocycles. The van der Waals surface area contributed by atoms with Crippen LogP contribution in [0.4, 0.5) is 4.79 Å². The van der Waals surface area contributed by atoms with E-state index in [0.29, 0.717) is 18.8 Å². The lowest BCUT2D eigenvalue weighted by molar-refractivity contribution is -0.141. The van der Waals surface area contributed by atoms with E-state index >= 15 is 0 Å². The van der Waals surface area contributed by atoms with Gasteiger partial charge in [-0.3, -0.25) is 0 Å². The first-order chi connectivity index (χ1) is 9.09. The standard InChI is InChI=1S/C12H16N2O4S/c1-13(6-9-2-4-18-7-9)12(17)14-3-5-19-8-10(14)11(15)16/h2,4,7,10H,3,5-6,8H2,1H3,(H,15,16). The van der Waals surface area contributed by atoms with Gasteiger partial charge in [0.15, 0.2) is 0 Å². The van der Waals surface area contributed by atoms with Crippen LogP contribution in [0.15, 0.2) is 23.0 Å². The Morgan fingerprint density at radius 1 is 1.63 bits per heavy atom. The summed E-state index contributed by atoms with van der Waals surface area (Å²) in [6.07, 6.45) is 3.12. The minimum atomic E-state index is -0.947. The van der Waals surface area contributed by atoms with Crippen LogP contribution in [0.1, 0.15) is 5.56 Å². The maximum atomic E-state index is 12.3. The first kappa shape index (κ1) is 13.8. The van der Waals surface area contributed by atoms with E-state index in [-0.39, 0.29) is 6.03 Å². The summed E-state index contributed by atoms with van der Waals surface area (Å²) >= 11 is 1.56. The fourth-order valence-electron chi connectivity index (χ4n) is 1.98. The Kier molecular flexibility index (Phi) is 4.36. The predicted molar refractivity (Wildman–Crippen MR) is 71.0 cm³/mol. The molecule has 1 unspecified atom stereocenters. The summed E-state index contributed by atoms with van der Waals surface area (Å²) in [6.45, 7) is 0.876. The lowest BCUT2D eigenvalue weighted by Crippen LogP contribution is -2.53. The Bertz CT molecular complexity index is 449. The molecule has 1 aromatic rings. The second-order valence-electron chi connectivity index (χ2n) is 4.39. The summed E-state index contributed by atoms with van der Waals surface area (Å²) in [6, 6.07) is 0.789. The lowest BCUT2D eigenvalue weighted by Gasteiger charge is -2.35. The third kappa shape index (κ3) is 3.23. The molecular formula is C12H16N2O4S. The highest BCUT2D eigenvalue weighted by molar-refractivity contribution is 7.99. The molecule has 19 heavy (non-hydrogen) atoms. The Labute approximate surface area is 115 Å². The van der Waals surface area contributed by atoms with Gasteiger partial charge in [0.2, 0.25) is 0 Å². The Balaban J connectivity index is 2.02. The van der Waals surface area contributed by atoms with Gasteiger partial charge in [-0.05, 0) is 6.07 Å². The van der Waals surface area contributed by atoms with Crippen LogP contribution in [0.2, 0.25) is 0 Å². The van der Waals surface area contributed by atoms with Gasteiger partial charge in [0.05, 0.1) is 19.1 Å². The second kappa shape index (κ2) is 6.01. The maximum Gasteiger partial charge on any atom is 0.327 e. The van der Waals surface area contributed by atoms with Crippen LogP contribution in [0.5, 0.6) is 0 Å². The van der Waals surface area contributed by atoms with Gasteiger partial charge in [0, 0.05) is 30.7 Å². The number of rotatable bonds is 3. The van der Waals surface area contributed by atoms with Crippen molar-refractivity contribution in [2.45, 2.75) is 12.6 Å². The number of hydrogen-bond donors (Lipinski definition) is 1. The van der Waals surface area contributed by atoms with Crippen molar-refractivity contribution in [2.24, 2.45) is 0 Å². The van der Waals surface area contributed by atoms with Gasteiger partial charge in [-0.1, -0.05) is 0 Å². The molecule has 0 saturated carbocycles. The lowest BCUT2D eigenvalue weighted by atomic mass is 10.2. The first-order valence-electron chi connectivity index (χ1n) is 5.93. The molecule has 1 saturated heterocycles. The molecular weight excluding hydrogens is 268 g/mol. The third-order valence-electron chi connectivity index (χ3n) is 2.99. The molecule has 1 aliphatic rings. The summed E-state index contributed by atoms with van der Waals surface area (Å²) in [4.78, 5) is 26.4. The highest BCUT2D eigenvalue weighted by Crippen LogP contribution is 2.18. The van der Waals surface area contributed by atoms with Crippen LogP contribution >= 0.6 is 11.8 Å². The topological polar surface area (TPSA) is 74.0 Å². The minimum absolute atomic E-state index is 0.256. The average molecular weight is 284 g/mol. The van der Waals surface area contributed by atoms with E-state index in [1.54, 1.807) is 37.4 Å². The molecule has 2 heterocycles. The van der Waals surface area contributed by atoms with Crippen LogP contribution in [0.25, 0.3) is 0 Å². The van der Waals surface area contributed by atoms with Crippen molar-refractivity contribution in [3.8, 4) is 0 Å². The zero-order chi connectivity index (χ0) is 13.8. The van der Waals surface area contributed by atoms with Crippen molar-refractivity contribution in [2.75, 3.05) is 25.1 Å². The molecule has 1 aromatic heterocycles. The molecule has 1 atom stereocenters. The zero-order valence-corrected chi connectivity index (χ0v) is 11.4. The van der Waals surface area contributed by atoms with Crippen molar-refractivity contribution < 1.29 is 19.1 Å². The summed E-state index contributed by atoms with van der Waals surface area (Å²) in [5.41, 5.74) is 0.883. The van der Waals surface area contributed by atoms with Gasteiger partial charge >= 0.3 is 12.0 Å². The van der Waals surface area contributed by atoms with E-state index in [1.807, 2.05) is 0 Å². The van der Waals surface area contributed by atoms with Crippen molar-refractivity contribution in [3.05, 3.63) is 24.2 Å². The highest BCUT2D eigenvalue weighted by Gasteiger charge is 2.33. The van der Waals surface area contributed by atoms with Crippen molar-refractivity contribution in [1.82, 2.24) is 9.80 Å². The van der Waals surface area contributed by atoms with Gasteiger partial charge in [-0.25, -0.2) is 9.59 Å². The van der Waals surface area contributed by atoms with Gasteiger partial charge < -0.3 is 19.3 Å². The molecule has 6 nitrogen and oxygen atoms in total. The van der Waals surface area contributed by atoms with E-state index in [2.05, 4.69) is 0 Å². The molecule has 0 spiro atoms. The number of carboxylic acids is 1. The number of hydrogen-bond acceptors (Lipinski definition) is 4. The molecule has 2 amide bonds. The van der Waals surface area contributed by atoms with Crippen molar-refractivity contribution in [3.63, 3.8) is 0 Å². The van der Waals surface area contributed by atoms with Crippen LogP contribution in [-0.4, -0.2) is 58.0 Å². The van der Waals surface area contributed by atoms with Crippen LogP contribution in [0, 0.1) is 0 Å². The van der Waals surface area contributed by atoms with Crippen molar-refractivity contribution in [1.29, 1.82) is 0 Å². The smallest absolute Gasteiger partial charge is 0.327 e. The Morgan fingerprint density at radius 3 is 3.05 bits per heavy atom. The van der Waals surface area contributed by atoms with E-state index in [9.17, 15) is 9.59 Å². The van der Waals surface area contributed by atoms with E-state index < -0.39 is 12.0 Å². The van der Waals surface area contributed by atoms with Gasteiger partial charge in [-0.15, -0.1) is 0 Å². The molecule has 0 bridgehead atoms. The van der Waals surface area contributed by atoms with Crippen LogP contribution in [0.3, 0.4) is 0 Å². The molecule has 7 heteroatoms. The fraction of sp³-hybridized carbons (Fsp3) is 0.500.